The molecule has 0 aromatic heterocycles. The summed E-state index contributed by atoms with van der Waals surface area (Å²) in [7, 11) is 1.75. The second kappa shape index (κ2) is 7.22. The first kappa shape index (κ1) is 15.5. The minimum Gasteiger partial charge on any atom is -0.365 e. The number of amides is 2. The Morgan fingerprint density at radius 1 is 1.43 bits per heavy atom. The van der Waals surface area contributed by atoms with E-state index in [9.17, 15) is 9.59 Å². The number of nitrogens with one attached hydrogen (secondary N) is 1. The average Bonchev–Trinajstić information content (AvgIpc) is 2.47. The normalized spacial score (nSPS) is 18.7. The smallest absolute Gasteiger partial charge is 0.248 e. The van der Waals surface area contributed by atoms with E-state index in [0.29, 0.717) is 19.5 Å². The molecule has 0 spiro atoms. The van der Waals surface area contributed by atoms with Crippen molar-refractivity contribution in [2.24, 2.45) is 0 Å². The van der Waals surface area contributed by atoms with Gasteiger partial charge < -0.3 is 15.0 Å². The SMILES string of the molecule is Cc1ccccc1CCC(=O)NCC1CN(C)C(=O)CO1. The van der Waals surface area contributed by atoms with Crippen molar-refractivity contribution < 1.29 is 14.3 Å². The van der Waals surface area contributed by atoms with Crippen molar-refractivity contribution in [3.8, 4) is 0 Å². The van der Waals surface area contributed by atoms with Crippen LogP contribution in [0.15, 0.2) is 24.3 Å². The van der Waals surface area contributed by atoms with E-state index in [0.717, 1.165) is 6.42 Å². The van der Waals surface area contributed by atoms with Crippen molar-refractivity contribution in [1.82, 2.24) is 10.2 Å². The molecule has 1 aromatic carbocycles. The molecule has 0 saturated carbocycles. The third-order valence-corrected chi connectivity index (χ3v) is 3.76. The number of hydrogen-bond acceptors (Lipinski definition) is 3. The number of hydrogen-bond donors (Lipinski definition) is 1. The molecule has 1 unspecified atom stereocenters. The van der Waals surface area contributed by atoms with Gasteiger partial charge in [-0.1, -0.05) is 24.3 Å². The van der Waals surface area contributed by atoms with E-state index in [2.05, 4.69) is 18.3 Å². The number of carbonyl (C=O) groups is 2. The first-order valence-electron chi connectivity index (χ1n) is 7.23. The van der Waals surface area contributed by atoms with Gasteiger partial charge in [0.25, 0.3) is 0 Å². The van der Waals surface area contributed by atoms with E-state index in [1.54, 1.807) is 11.9 Å². The largest absolute Gasteiger partial charge is 0.365 e. The van der Waals surface area contributed by atoms with E-state index < -0.39 is 0 Å². The molecular weight excluding hydrogens is 268 g/mol. The third kappa shape index (κ3) is 4.56. The number of morpholine rings is 1. The van der Waals surface area contributed by atoms with Gasteiger partial charge in [0.1, 0.15) is 6.61 Å². The Labute approximate surface area is 125 Å². The maximum absolute atomic E-state index is 11.9. The van der Waals surface area contributed by atoms with Gasteiger partial charge in [-0.25, -0.2) is 0 Å². The molecule has 5 nitrogen and oxygen atoms in total. The monoisotopic (exact) mass is 290 g/mol. The van der Waals surface area contributed by atoms with Crippen molar-refractivity contribution in [3.05, 3.63) is 35.4 Å². The van der Waals surface area contributed by atoms with Gasteiger partial charge in [-0.05, 0) is 24.5 Å². The molecule has 2 amide bonds. The van der Waals surface area contributed by atoms with Crippen molar-refractivity contribution in [2.45, 2.75) is 25.9 Å². The predicted octanol–water partition coefficient (Wildman–Crippen LogP) is 0.901. The Morgan fingerprint density at radius 3 is 2.90 bits per heavy atom. The molecule has 1 fully saturated rings. The number of rotatable bonds is 5. The first-order chi connectivity index (χ1) is 10.1. The zero-order chi connectivity index (χ0) is 15.2. The van der Waals surface area contributed by atoms with E-state index in [4.69, 9.17) is 4.74 Å². The number of benzene rings is 1. The van der Waals surface area contributed by atoms with Crippen LogP contribution in [0.2, 0.25) is 0 Å². The summed E-state index contributed by atoms with van der Waals surface area (Å²) in [5, 5.41) is 2.88. The number of likely N-dealkylation sites (N-methyl/N-ethyl adjacent to an activating group) is 1. The summed E-state index contributed by atoms with van der Waals surface area (Å²) < 4.78 is 5.39. The summed E-state index contributed by atoms with van der Waals surface area (Å²) in [6.45, 7) is 3.12. The van der Waals surface area contributed by atoms with E-state index in [1.807, 2.05) is 18.2 Å². The molecule has 2 rings (SSSR count). The van der Waals surface area contributed by atoms with Crippen LogP contribution in [-0.2, 0) is 20.7 Å². The van der Waals surface area contributed by atoms with Crippen molar-refractivity contribution in [2.75, 3.05) is 26.7 Å². The summed E-state index contributed by atoms with van der Waals surface area (Å²) in [5.41, 5.74) is 2.41. The lowest BCUT2D eigenvalue weighted by Gasteiger charge is -2.29. The zero-order valence-corrected chi connectivity index (χ0v) is 12.6. The summed E-state index contributed by atoms with van der Waals surface area (Å²) in [4.78, 5) is 24.8. The van der Waals surface area contributed by atoms with Crippen LogP contribution in [0.5, 0.6) is 0 Å². The van der Waals surface area contributed by atoms with Crippen LogP contribution in [0.25, 0.3) is 0 Å². The van der Waals surface area contributed by atoms with Crippen molar-refractivity contribution >= 4 is 11.8 Å². The highest BCUT2D eigenvalue weighted by atomic mass is 16.5. The molecule has 0 aliphatic carbocycles. The van der Waals surface area contributed by atoms with E-state index >= 15 is 0 Å². The molecule has 1 atom stereocenters. The molecule has 0 radical (unpaired) electrons. The maximum Gasteiger partial charge on any atom is 0.248 e. The minimum atomic E-state index is -0.116. The molecular formula is C16H22N2O3. The fraction of sp³-hybridized carbons (Fsp3) is 0.500. The summed E-state index contributed by atoms with van der Waals surface area (Å²) in [6, 6.07) is 8.09. The molecule has 21 heavy (non-hydrogen) atoms. The Balaban J connectivity index is 1.71. The van der Waals surface area contributed by atoms with Crippen LogP contribution in [-0.4, -0.2) is 49.6 Å². The van der Waals surface area contributed by atoms with Gasteiger partial charge in [0.05, 0.1) is 6.10 Å². The highest BCUT2D eigenvalue weighted by Crippen LogP contribution is 2.09. The van der Waals surface area contributed by atoms with Crippen LogP contribution >= 0.6 is 0 Å². The summed E-state index contributed by atoms with van der Waals surface area (Å²) >= 11 is 0. The number of carbonyl (C=O) groups excluding carboxylic acids is 2. The Morgan fingerprint density at radius 2 is 2.19 bits per heavy atom. The second-order valence-corrected chi connectivity index (χ2v) is 5.44. The topological polar surface area (TPSA) is 58.6 Å². The quantitative estimate of drug-likeness (QED) is 0.876. The average molecular weight is 290 g/mol. The molecule has 1 aromatic rings. The van der Waals surface area contributed by atoms with Gasteiger partial charge in [-0.2, -0.15) is 0 Å². The maximum atomic E-state index is 11.9. The highest BCUT2D eigenvalue weighted by Gasteiger charge is 2.23. The lowest BCUT2D eigenvalue weighted by molar-refractivity contribution is -0.146. The molecule has 1 aliphatic heterocycles. The zero-order valence-electron chi connectivity index (χ0n) is 12.6. The second-order valence-electron chi connectivity index (χ2n) is 5.44. The number of nitrogens with zero attached hydrogens (tertiary/aromatic N) is 1. The van der Waals surface area contributed by atoms with Crippen molar-refractivity contribution in [1.29, 1.82) is 0 Å². The Hall–Kier alpha value is -1.88. The Kier molecular flexibility index (Phi) is 5.33. The van der Waals surface area contributed by atoms with Crippen molar-refractivity contribution in [3.63, 3.8) is 0 Å². The molecule has 1 heterocycles. The van der Waals surface area contributed by atoms with Crippen LogP contribution in [0, 0.1) is 6.92 Å². The van der Waals surface area contributed by atoms with E-state index in [-0.39, 0.29) is 24.5 Å². The van der Waals surface area contributed by atoms with Gasteiger partial charge in [-0.15, -0.1) is 0 Å². The fourth-order valence-corrected chi connectivity index (χ4v) is 2.34. The fourth-order valence-electron chi connectivity index (χ4n) is 2.34. The lowest BCUT2D eigenvalue weighted by atomic mass is 10.0. The minimum absolute atomic E-state index is 0.0152. The number of ether oxygens (including phenoxy) is 1. The molecule has 5 heteroatoms. The molecule has 1 aliphatic rings. The summed E-state index contributed by atoms with van der Waals surface area (Å²) in [6.07, 6.45) is 1.09. The van der Waals surface area contributed by atoms with Gasteiger partial charge in [-0.3, -0.25) is 9.59 Å². The standard InChI is InChI=1S/C16H22N2O3/c1-12-5-3-4-6-13(12)7-8-15(19)17-9-14-10-18(2)16(20)11-21-14/h3-6,14H,7-11H2,1-2H3,(H,17,19). The molecule has 114 valence electrons. The van der Waals surface area contributed by atoms with Gasteiger partial charge >= 0.3 is 0 Å². The number of aryl methyl sites for hydroxylation is 2. The van der Waals surface area contributed by atoms with Gasteiger partial charge in [0.15, 0.2) is 0 Å². The summed E-state index contributed by atoms with van der Waals surface area (Å²) in [5.74, 6) is -0.00136. The van der Waals surface area contributed by atoms with Gasteiger partial charge in [0, 0.05) is 26.6 Å². The molecule has 1 saturated heterocycles. The van der Waals surface area contributed by atoms with Crippen LogP contribution in [0.3, 0.4) is 0 Å². The van der Waals surface area contributed by atoms with Gasteiger partial charge in [0.2, 0.25) is 11.8 Å². The molecule has 1 N–H and O–H groups in total. The molecule has 0 bridgehead atoms. The third-order valence-electron chi connectivity index (χ3n) is 3.76. The highest BCUT2D eigenvalue weighted by molar-refractivity contribution is 5.78. The first-order valence-corrected chi connectivity index (χ1v) is 7.23. The van der Waals surface area contributed by atoms with E-state index in [1.165, 1.54) is 11.1 Å². The predicted molar refractivity (Wildman–Crippen MR) is 79.9 cm³/mol. The lowest BCUT2D eigenvalue weighted by Crippen LogP contribution is -2.48. The Bertz CT molecular complexity index is 516. The van der Waals surface area contributed by atoms with Crippen LogP contribution < -0.4 is 5.32 Å². The van der Waals surface area contributed by atoms with Crippen LogP contribution in [0.4, 0.5) is 0 Å². The van der Waals surface area contributed by atoms with Crippen LogP contribution in [0.1, 0.15) is 17.5 Å².